The Bertz CT molecular complexity index is 536. The fraction of sp³-hybridized carbons (Fsp3) is 0.214. The van der Waals surface area contributed by atoms with Gasteiger partial charge < -0.3 is 10.6 Å². The van der Waals surface area contributed by atoms with Crippen LogP contribution in [0.15, 0.2) is 42.5 Å². The van der Waals surface area contributed by atoms with E-state index in [4.69, 9.17) is 0 Å². The molecule has 0 aliphatic rings. The lowest BCUT2D eigenvalue weighted by Crippen LogP contribution is -2.35. The molecule has 0 aromatic heterocycles. The molecule has 0 bridgehead atoms. The summed E-state index contributed by atoms with van der Waals surface area (Å²) in [6.07, 6.45) is 0. The van der Waals surface area contributed by atoms with E-state index in [2.05, 4.69) is 28.8 Å². The van der Waals surface area contributed by atoms with Crippen molar-refractivity contribution in [1.29, 1.82) is 0 Å². The molecule has 3 nitrogen and oxygen atoms in total. The Labute approximate surface area is 101 Å². The lowest BCUT2D eigenvalue weighted by molar-refractivity contribution is -0.121. The predicted octanol–water partition coefficient (Wildman–Crippen LogP) is 2.39. The summed E-state index contributed by atoms with van der Waals surface area (Å²) >= 11 is 0. The fourth-order valence-electron chi connectivity index (χ4n) is 1.81. The number of carbonyl (C=O) groups is 1. The van der Waals surface area contributed by atoms with Crippen molar-refractivity contribution in [3.8, 4) is 0 Å². The Balaban J connectivity index is 2.22. The largest absolute Gasteiger partial charge is 0.374 e. The molecule has 0 heterocycles. The van der Waals surface area contributed by atoms with Crippen LogP contribution in [0.4, 0.5) is 5.69 Å². The number of fused-ring (bicyclic) bond motifs is 1. The van der Waals surface area contributed by atoms with E-state index in [9.17, 15) is 4.79 Å². The van der Waals surface area contributed by atoms with Gasteiger partial charge in [0.1, 0.15) is 6.04 Å². The Morgan fingerprint density at radius 2 is 1.82 bits per heavy atom. The molecule has 0 spiro atoms. The number of benzene rings is 2. The zero-order chi connectivity index (χ0) is 12.3. The van der Waals surface area contributed by atoms with Crippen LogP contribution >= 0.6 is 0 Å². The van der Waals surface area contributed by atoms with Gasteiger partial charge in [0.05, 0.1) is 0 Å². The third-order valence-electron chi connectivity index (χ3n) is 2.77. The quantitative estimate of drug-likeness (QED) is 0.847. The molecule has 2 aromatic carbocycles. The van der Waals surface area contributed by atoms with Crippen LogP contribution < -0.4 is 10.6 Å². The van der Waals surface area contributed by atoms with E-state index in [0.29, 0.717) is 0 Å². The van der Waals surface area contributed by atoms with Crippen LogP contribution in [0.3, 0.4) is 0 Å². The Morgan fingerprint density at radius 3 is 2.53 bits per heavy atom. The Kier molecular flexibility index (Phi) is 3.28. The number of carbonyl (C=O) groups excluding carboxylic acids is 1. The standard InChI is InChI=1S/C14H16N2O/c1-10(14(17)15-2)16-13-8-7-11-5-3-4-6-12(11)9-13/h3-10,16H,1-2H3,(H,15,17). The first-order valence-electron chi connectivity index (χ1n) is 5.67. The van der Waals surface area contributed by atoms with Gasteiger partial charge in [-0.25, -0.2) is 0 Å². The number of hydrogen-bond acceptors (Lipinski definition) is 2. The van der Waals surface area contributed by atoms with Crippen LogP contribution in [0.2, 0.25) is 0 Å². The molecule has 3 heteroatoms. The molecule has 88 valence electrons. The molecule has 0 saturated carbocycles. The highest BCUT2D eigenvalue weighted by molar-refractivity contribution is 5.88. The highest BCUT2D eigenvalue weighted by Gasteiger charge is 2.09. The van der Waals surface area contributed by atoms with Crippen molar-refractivity contribution in [3.05, 3.63) is 42.5 Å². The molecule has 0 radical (unpaired) electrons. The summed E-state index contributed by atoms with van der Waals surface area (Å²) in [7, 11) is 1.64. The maximum atomic E-state index is 11.4. The van der Waals surface area contributed by atoms with Gasteiger partial charge in [-0.15, -0.1) is 0 Å². The number of rotatable bonds is 3. The highest BCUT2D eigenvalue weighted by Crippen LogP contribution is 2.19. The third kappa shape index (κ3) is 2.56. The van der Waals surface area contributed by atoms with E-state index >= 15 is 0 Å². The molecule has 2 aromatic rings. The maximum absolute atomic E-state index is 11.4. The first kappa shape index (κ1) is 11.5. The number of hydrogen-bond donors (Lipinski definition) is 2. The molecule has 2 rings (SSSR count). The van der Waals surface area contributed by atoms with E-state index in [1.165, 1.54) is 10.8 Å². The van der Waals surface area contributed by atoms with Gasteiger partial charge in [0.2, 0.25) is 5.91 Å². The normalized spacial score (nSPS) is 12.1. The van der Waals surface area contributed by atoms with Crippen molar-refractivity contribution in [1.82, 2.24) is 5.32 Å². The van der Waals surface area contributed by atoms with Crippen LogP contribution in [-0.4, -0.2) is 19.0 Å². The van der Waals surface area contributed by atoms with Crippen LogP contribution in [-0.2, 0) is 4.79 Å². The second kappa shape index (κ2) is 4.87. The molecule has 0 aliphatic heterocycles. The van der Waals surface area contributed by atoms with Crippen LogP contribution in [0.5, 0.6) is 0 Å². The van der Waals surface area contributed by atoms with Crippen LogP contribution in [0.1, 0.15) is 6.92 Å². The van der Waals surface area contributed by atoms with Crippen molar-refractivity contribution < 1.29 is 4.79 Å². The van der Waals surface area contributed by atoms with Crippen LogP contribution in [0, 0.1) is 0 Å². The molecule has 0 saturated heterocycles. The van der Waals surface area contributed by atoms with Crippen molar-refractivity contribution in [3.63, 3.8) is 0 Å². The molecular weight excluding hydrogens is 212 g/mol. The van der Waals surface area contributed by atoms with E-state index in [-0.39, 0.29) is 11.9 Å². The molecular formula is C14H16N2O. The third-order valence-corrected chi connectivity index (χ3v) is 2.77. The zero-order valence-electron chi connectivity index (χ0n) is 10.0. The number of nitrogens with one attached hydrogen (secondary N) is 2. The molecule has 1 atom stereocenters. The summed E-state index contributed by atoms with van der Waals surface area (Å²) in [6.45, 7) is 1.84. The lowest BCUT2D eigenvalue weighted by atomic mass is 10.1. The molecule has 1 unspecified atom stereocenters. The van der Waals surface area contributed by atoms with E-state index < -0.39 is 0 Å². The Morgan fingerprint density at radius 1 is 1.12 bits per heavy atom. The van der Waals surface area contributed by atoms with Gasteiger partial charge in [-0.05, 0) is 29.8 Å². The number of amides is 1. The SMILES string of the molecule is CNC(=O)C(C)Nc1ccc2ccccc2c1. The highest BCUT2D eigenvalue weighted by atomic mass is 16.2. The van der Waals surface area contributed by atoms with Crippen molar-refractivity contribution in [2.75, 3.05) is 12.4 Å². The predicted molar refractivity (Wildman–Crippen MR) is 71.1 cm³/mol. The fourth-order valence-corrected chi connectivity index (χ4v) is 1.81. The first-order chi connectivity index (χ1) is 8.20. The summed E-state index contributed by atoms with van der Waals surface area (Å²) in [5, 5.41) is 8.16. The molecule has 0 fully saturated rings. The minimum atomic E-state index is -0.235. The second-order valence-electron chi connectivity index (χ2n) is 4.04. The molecule has 17 heavy (non-hydrogen) atoms. The molecule has 1 amide bonds. The van der Waals surface area contributed by atoms with Crippen molar-refractivity contribution in [2.24, 2.45) is 0 Å². The lowest BCUT2D eigenvalue weighted by Gasteiger charge is -2.14. The maximum Gasteiger partial charge on any atom is 0.241 e. The van der Waals surface area contributed by atoms with Crippen molar-refractivity contribution in [2.45, 2.75) is 13.0 Å². The van der Waals surface area contributed by atoms with Gasteiger partial charge in [-0.2, -0.15) is 0 Å². The summed E-state index contributed by atoms with van der Waals surface area (Å²) in [4.78, 5) is 11.4. The minimum Gasteiger partial charge on any atom is -0.374 e. The van der Waals surface area contributed by atoms with E-state index in [0.717, 1.165) is 5.69 Å². The first-order valence-corrected chi connectivity index (χ1v) is 5.67. The van der Waals surface area contributed by atoms with Gasteiger partial charge in [-0.1, -0.05) is 30.3 Å². The average Bonchev–Trinajstić information content (AvgIpc) is 2.37. The van der Waals surface area contributed by atoms with Crippen molar-refractivity contribution >= 4 is 22.4 Å². The monoisotopic (exact) mass is 228 g/mol. The minimum absolute atomic E-state index is 0.0156. The average molecular weight is 228 g/mol. The van der Waals surface area contributed by atoms with Crippen LogP contribution in [0.25, 0.3) is 10.8 Å². The second-order valence-corrected chi connectivity index (χ2v) is 4.04. The molecule has 2 N–H and O–H groups in total. The van der Waals surface area contributed by atoms with Gasteiger partial charge in [-0.3, -0.25) is 4.79 Å². The number of anilines is 1. The Hall–Kier alpha value is -2.03. The number of likely N-dealkylation sites (N-methyl/N-ethyl adjacent to an activating group) is 1. The summed E-state index contributed by atoms with van der Waals surface area (Å²) in [5.74, 6) is -0.0156. The van der Waals surface area contributed by atoms with E-state index in [1.807, 2.05) is 31.2 Å². The van der Waals surface area contributed by atoms with E-state index in [1.54, 1.807) is 7.05 Å². The zero-order valence-corrected chi connectivity index (χ0v) is 10.0. The van der Waals surface area contributed by atoms with Gasteiger partial charge in [0, 0.05) is 12.7 Å². The summed E-state index contributed by atoms with van der Waals surface area (Å²) < 4.78 is 0. The smallest absolute Gasteiger partial charge is 0.241 e. The summed E-state index contributed by atoms with van der Waals surface area (Å²) in [5.41, 5.74) is 0.958. The van der Waals surface area contributed by atoms with Gasteiger partial charge in [0.25, 0.3) is 0 Å². The molecule has 0 aliphatic carbocycles. The topological polar surface area (TPSA) is 41.1 Å². The van der Waals surface area contributed by atoms with Gasteiger partial charge >= 0.3 is 0 Å². The summed E-state index contributed by atoms with van der Waals surface area (Å²) in [6, 6.07) is 14.0. The van der Waals surface area contributed by atoms with Gasteiger partial charge in [0.15, 0.2) is 0 Å².